The van der Waals surface area contributed by atoms with Crippen LogP contribution in [0.15, 0.2) is 30.3 Å². The molecule has 2 rings (SSSR count). The maximum absolute atomic E-state index is 11.7. The van der Waals surface area contributed by atoms with Gasteiger partial charge in [0.05, 0.1) is 0 Å². The largest absolute Gasteiger partial charge is 0.445 e. The molecule has 0 atom stereocenters. The van der Waals surface area contributed by atoms with Crippen molar-refractivity contribution in [3.8, 4) is 0 Å². The number of nitrogens with zero attached hydrogens (tertiary/aromatic N) is 1. The average molecular weight is 325 g/mol. The van der Waals surface area contributed by atoms with Crippen molar-refractivity contribution in [2.24, 2.45) is 5.92 Å². The van der Waals surface area contributed by atoms with E-state index in [-0.39, 0.29) is 18.4 Å². The second-order valence-corrected chi connectivity index (χ2v) is 5.67. The van der Waals surface area contributed by atoms with E-state index in [2.05, 4.69) is 5.32 Å². The molecule has 0 aromatic heterocycles. The van der Waals surface area contributed by atoms with Gasteiger partial charge in [-0.15, -0.1) is 11.6 Å². The van der Waals surface area contributed by atoms with Crippen molar-refractivity contribution in [2.75, 3.05) is 25.5 Å². The summed E-state index contributed by atoms with van der Waals surface area (Å²) in [5.41, 5.74) is 0.963. The summed E-state index contributed by atoms with van der Waals surface area (Å²) in [6.45, 7) is 2.26. The number of amides is 2. The van der Waals surface area contributed by atoms with E-state index in [1.807, 2.05) is 30.3 Å². The number of alkyl halides is 1. The van der Waals surface area contributed by atoms with E-state index in [0.29, 0.717) is 25.6 Å². The van der Waals surface area contributed by atoms with E-state index in [9.17, 15) is 9.59 Å². The van der Waals surface area contributed by atoms with Gasteiger partial charge in [-0.3, -0.25) is 4.79 Å². The van der Waals surface area contributed by atoms with Crippen molar-refractivity contribution in [1.29, 1.82) is 0 Å². The van der Waals surface area contributed by atoms with Crippen LogP contribution in [0.5, 0.6) is 0 Å². The molecule has 5 nitrogen and oxygen atoms in total. The topological polar surface area (TPSA) is 58.6 Å². The third kappa shape index (κ3) is 5.22. The Morgan fingerprint density at radius 2 is 1.91 bits per heavy atom. The minimum atomic E-state index is -0.400. The molecule has 1 N–H and O–H groups in total. The Bertz CT molecular complexity index is 487. The third-order valence-electron chi connectivity index (χ3n) is 3.83. The molecule has 6 heteroatoms. The Hall–Kier alpha value is -1.75. The van der Waals surface area contributed by atoms with Gasteiger partial charge in [-0.25, -0.2) is 4.79 Å². The van der Waals surface area contributed by atoms with Crippen LogP contribution in [0.3, 0.4) is 0 Å². The van der Waals surface area contributed by atoms with Crippen LogP contribution in [0.25, 0.3) is 0 Å². The monoisotopic (exact) mass is 324 g/mol. The predicted octanol–water partition coefficient (Wildman–Crippen LogP) is 2.39. The Balaban J connectivity index is 1.62. The number of benzene rings is 1. The van der Waals surface area contributed by atoms with Gasteiger partial charge in [0.25, 0.3) is 0 Å². The maximum Gasteiger partial charge on any atom is 0.407 e. The lowest BCUT2D eigenvalue weighted by molar-refractivity contribution is -0.129. The summed E-state index contributed by atoms with van der Waals surface area (Å²) in [5.74, 6) is 0.397. The molecule has 0 aliphatic carbocycles. The van der Waals surface area contributed by atoms with Crippen LogP contribution in [-0.2, 0) is 16.1 Å². The molecule has 1 aliphatic rings. The molecule has 0 bridgehead atoms. The lowest BCUT2D eigenvalue weighted by Crippen LogP contribution is -2.42. The molecule has 1 aromatic carbocycles. The minimum absolute atomic E-state index is 0.0182. The molecule has 22 heavy (non-hydrogen) atoms. The molecule has 1 fully saturated rings. The first kappa shape index (κ1) is 16.6. The molecular formula is C16H21ClN2O3. The summed E-state index contributed by atoms with van der Waals surface area (Å²) >= 11 is 5.54. The highest BCUT2D eigenvalue weighted by Gasteiger charge is 2.22. The Morgan fingerprint density at radius 3 is 2.55 bits per heavy atom. The van der Waals surface area contributed by atoms with Crippen molar-refractivity contribution < 1.29 is 14.3 Å². The van der Waals surface area contributed by atoms with Gasteiger partial charge in [0.2, 0.25) is 5.91 Å². The van der Waals surface area contributed by atoms with Crippen LogP contribution in [0.4, 0.5) is 4.79 Å². The molecule has 0 saturated carbocycles. The highest BCUT2D eigenvalue weighted by atomic mass is 35.5. The first-order valence-corrected chi connectivity index (χ1v) is 8.00. The van der Waals surface area contributed by atoms with Crippen LogP contribution in [-0.4, -0.2) is 42.4 Å². The molecule has 0 unspecified atom stereocenters. The molecule has 2 amide bonds. The van der Waals surface area contributed by atoms with Crippen molar-refractivity contribution in [1.82, 2.24) is 10.2 Å². The molecule has 1 heterocycles. The normalized spacial score (nSPS) is 15.4. The third-order valence-corrected chi connectivity index (χ3v) is 4.06. The summed E-state index contributed by atoms with van der Waals surface area (Å²) < 4.78 is 5.16. The number of carbonyl (C=O) groups excluding carboxylic acids is 2. The number of hydrogen-bond donors (Lipinski definition) is 1. The zero-order chi connectivity index (χ0) is 15.8. The number of ether oxygens (including phenoxy) is 1. The fourth-order valence-electron chi connectivity index (χ4n) is 2.47. The number of alkyl carbamates (subject to hydrolysis) is 1. The van der Waals surface area contributed by atoms with E-state index >= 15 is 0 Å². The lowest BCUT2D eigenvalue weighted by atomic mass is 9.97. The van der Waals surface area contributed by atoms with E-state index < -0.39 is 6.09 Å². The van der Waals surface area contributed by atoms with E-state index in [4.69, 9.17) is 16.3 Å². The molecular weight excluding hydrogens is 304 g/mol. The van der Waals surface area contributed by atoms with Gasteiger partial charge in [-0.1, -0.05) is 30.3 Å². The second kappa shape index (κ2) is 8.63. The quantitative estimate of drug-likeness (QED) is 0.846. The zero-order valence-electron chi connectivity index (χ0n) is 12.5. The number of carbonyl (C=O) groups is 2. The number of nitrogens with one attached hydrogen (secondary N) is 1. The number of rotatable bonds is 5. The Morgan fingerprint density at radius 1 is 1.23 bits per heavy atom. The second-order valence-electron chi connectivity index (χ2n) is 5.40. The van der Waals surface area contributed by atoms with Crippen LogP contribution in [0.1, 0.15) is 18.4 Å². The minimum Gasteiger partial charge on any atom is -0.445 e. The van der Waals surface area contributed by atoms with Crippen molar-refractivity contribution >= 4 is 23.6 Å². The van der Waals surface area contributed by atoms with Crippen LogP contribution >= 0.6 is 11.6 Å². The van der Waals surface area contributed by atoms with Crippen LogP contribution in [0.2, 0.25) is 0 Å². The smallest absolute Gasteiger partial charge is 0.407 e. The fraction of sp³-hybridized carbons (Fsp3) is 0.500. The standard InChI is InChI=1S/C16H21ClN2O3/c17-10-15(20)19-8-6-13(7-9-19)11-18-16(21)22-12-14-4-2-1-3-5-14/h1-5,13H,6-12H2,(H,18,21). The van der Waals surface area contributed by atoms with E-state index in [0.717, 1.165) is 18.4 Å². The number of likely N-dealkylation sites (tertiary alicyclic amines) is 1. The van der Waals surface area contributed by atoms with E-state index in [1.165, 1.54) is 0 Å². The van der Waals surface area contributed by atoms with Crippen LogP contribution in [0, 0.1) is 5.92 Å². The molecule has 1 saturated heterocycles. The molecule has 1 aliphatic heterocycles. The van der Waals surface area contributed by atoms with Gasteiger partial charge in [-0.2, -0.15) is 0 Å². The predicted molar refractivity (Wildman–Crippen MR) is 84.7 cm³/mol. The van der Waals surface area contributed by atoms with Gasteiger partial charge in [0.1, 0.15) is 12.5 Å². The van der Waals surface area contributed by atoms with Gasteiger partial charge >= 0.3 is 6.09 Å². The molecule has 1 aromatic rings. The van der Waals surface area contributed by atoms with Gasteiger partial charge < -0.3 is 15.0 Å². The van der Waals surface area contributed by atoms with Crippen molar-refractivity contribution in [2.45, 2.75) is 19.4 Å². The van der Waals surface area contributed by atoms with Gasteiger partial charge in [0.15, 0.2) is 0 Å². The number of halogens is 1. The molecule has 120 valence electrons. The first-order valence-electron chi connectivity index (χ1n) is 7.47. The van der Waals surface area contributed by atoms with Crippen LogP contribution < -0.4 is 5.32 Å². The SMILES string of the molecule is O=C(NCC1CCN(C(=O)CCl)CC1)OCc1ccccc1. The fourth-order valence-corrected chi connectivity index (χ4v) is 2.64. The van der Waals surface area contributed by atoms with Crippen molar-refractivity contribution in [3.05, 3.63) is 35.9 Å². The van der Waals surface area contributed by atoms with E-state index in [1.54, 1.807) is 4.90 Å². The summed E-state index contributed by atoms with van der Waals surface area (Å²) in [4.78, 5) is 24.9. The zero-order valence-corrected chi connectivity index (χ0v) is 13.2. The average Bonchev–Trinajstić information content (AvgIpc) is 2.58. The number of piperidine rings is 1. The molecule has 0 radical (unpaired) electrons. The Kier molecular flexibility index (Phi) is 6.52. The number of hydrogen-bond acceptors (Lipinski definition) is 3. The summed E-state index contributed by atoms with van der Waals surface area (Å²) in [7, 11) is 0. The highest BCUT2D eigenvalue weighted by molar-refractivity contribution is 6.27. The van der Waals surface area contributed by atoms with Gasteiger partial charge in [-0.05, 0) is 24.3 Å². The van der Waals surface area contributed by atoms with Gasteiger partial charge in [0, 0.05) is 19.6 Å². The molecule has 0 spiro atoms. The highest BCUT2D eigenvalue weighted by Crippen LogP contribution is 2.16. The summed E-state index contributed by atoms with van der Waals surface area (Å²) in [5, 5.41) is 2.79. The van der Waals surface area contributed by atoms with Crippen molar-refractivity contribution in [3.63, 3.8) is 0 Å². The first-order chi connectivity index (χ1) is 10.7. The Labute approximate surface area is 135 Å². The summed E-state index contributed by atoms with van der Waals surface area (Å²) in [6.07, 6.45) is 1.35. The maximum atomic E-state index is 11.7. The lowest BCUT2D eigenvalue weighted by Gasteiger charge is -2.31. The summed E-state index contributed by atoms with van der Waals surface area (Å²) in [6, 6.07) is 9.57.